The Morgan fingerprint density at radius 1 is 0.950 bits per heavy atom. The van der Waals surface area contributed by atoms with Crippen LogP contribution in [0, 0.1) is 0 Å². The van der Waals surface area contributed by atoms with Gasteiger partial charge in [0.25, 0.3) is 0 Å². The number of nitrogens with zero attached hydrogens (tertiary/aromatic N) is 1. The number of phenolic OH excluding ortho intramolecular Hbond substituents is 1. The second kappa shape index (κ2) is 17.2. The van der Waals surface area contributed by atoms with Gasteiger partial charge in [-0.25, -0.2) is 9.78 Å². The van der Waals surface area contributed by atoms with Crippen molar-refractivity contribution in [1.82, 2.24) is 25.9 Å². The fourth-order valence-corrected chi connectivity index (χ4v) is 4.35. The summed E-state index contributed by atoms with van der Waals surface area (Å²) in [4.78, 5) is 57.9. The number of hydrogen-bond donors (Lipinski definition) is 8. The summed E-state index contributed by atoms with van der Waals surface area (Å²) in [5, 5.41) is 27.0. The molecule has 1 heterocycles. The molecular weight excluding hydrogens is 538 g/mol. The molecule has 1 aromatic heterocycles. The van der Waals surface area contributed by atoms with Crippen LogP contribution >= 0.6 is 11.8 Å². The third-order valence-electron chi connectivity index (χ3n) is 6.15. The summed E-state index contributed by atoms with van der Waals surface area (Å²) in [6, 6.07) is 1.79. The van der Waals surface area contributed by atoms with E-state index in [2.05, 4.69) is 25.9 Å². The number of carboxylic acids is 1. The number of hydrogen-bond acceptors (Lipinski definition) is 9. The first kappa shape index (κ1) is 32.6. The lowest BCUT2D eigenvalue weighted by Crippen LogP contribution is -2.57. The Bertz CT molecular complexity index is 1080. The van der Waals surface area contributed by atoms with Gasteiger partial charge >= 0.3 is 5.97 Å². The summed E-state index contributed by atoms with van der Waals surface area (Å²) in [6.45, 7) is 0.415. The summed E-state index contributed by atoms with van der Waals surface area (Å²) in [5.74, 6) is -2.45. The minimum absolute atomic E-state index is 0.0173. The molecule has 3 amide bonds. The van der Waals surface area contributed by atoms with Crippen LogP contribution in [-0.2, 0) is 32.0 Å². The van der Waals surface area contributed by atoms with Gasteiger partial charge in [-0.3, -0.25) is 14.4 Å². The third kappa shape index (κ3) is 11.2. The maximum Gasteiger partial charge on any atom is 0.326 e. The zero-order valence-electron chi connectivity index (χ0n) is 22.5. The van der Waals surface area contributed by atoms with Gasteiger partial charge < -0.3 is 42.6 Å². The smallest absolute Gasteiger partial charge is 0.326 e. The molecule has 0 aliphatic rings. The highest BCUT2D eigenvalue weighted by Crippen LogP contribution is 2.12. The number of nitrogens with one attached hydrogen (secondary N) is 4. The summed E-state index contributed by atoms with van der Waals surface area (Å²) in [5.41, 5.74) is 12.9. The van der Waals surface area contributed by atoms with Crippen LogP contribution in [0.25, 0.3) is 0 Å². The predicted octanol–water partition coefficient (Wildman–Crippen LogP) is -0.351. The normalized spacial score (nSPS) is 14.0. The Balaban J connectivity index is 2.11. The molecule has 2 aromatic rings. The molecule has 0 bridgehead atoms. The topological polar surface area (TPSA) is 226 Å². The number of carbonyl (C=O) groups excluding carboxylic acids is 3. The number of aromatic hydroxyl groups is 1. The number of unbranched alkanes of at least 4 members (excludes halogenated alkanes) is 1. The number of carboxylic acid groups (broad SMARTS) is 1. The van der Waals surface area contributed by atoms with Gasteiger partial charge in [0.05, 0.1) is 12.4 Å². The predicted molar refractivity (Wildman–Crippen MR) is 151 cm³/mol. The number of H-pyrrole nitrogens is 1. The molecule has 0 aliphatic carbocycles. The third-order valence-corrected chi connectivity index (χ3v) is 6.79. The van der Waals surface area contributed by atoms with E-state index in [-0.39, 0.29) is 31.4 Å². The van der Waals surface area contributed by atoms with E-state index in [4.69, 9.17) is 11.5 Å². The van der Waals surface area contributed by atoms with Crippen molar-refractivity contribution in [2.75, 3.05) is 18.6 Å². The second-order valence-electron chi connectivity index (χ2n) is 9.35. The maximum atomic E-state index is 13.3. The molecule has 2 rings (SSSR count). The van der Waals surface area contributed by atoms with Gasteiger partial charge in [0.2, 0.25) is 17.7 Å². The molecule has 13 nitrogen and oxygen atoms in total. The fourth-order valence-electron chi connectivity index (χ4n) is 3.88. The maximum absolute atomic E-state index is 13.3. The van der Waals surface area contributed by atoms with Crippen molar-refractivity contribution in [3.63, 3.8) is 0 Å². The summed E-state index contributed by atoms with van der Waals surface area (Å²) in [6.07, 6.45) is 6.76. The van der Waals surface area contributed by atoms with Crippen molar-refractivity contribution in [2.45, 2.75) is 62.7 Å². The number of thioether (sulfide) groups is 1. The molecule has 14 heteroatoms. The molecule has 4 unspecified atom stereocenters. The number of rotatable bonds is 18. The Morgan fingerprint density at radius 3 is 2.15 bits per heavy atom. The molecule has 0 radical (unpaired) electrons. The molecule has 0 fully saturated rings. The van der Waals surface area contributed by atoms with Crippen LogP contribution in [0.1, 0.15) is 36.9 Å². The average Bonchev–Trinajstić information content (AvgIpc) is 3.44. The zero-order chi connectivity index (χ0) is 29.5. The number of nitrogens with two attached hydrogens (primary N) is 2. The van der Waals surface area contributed by atoms with Crippen LogP contribution < -0.4 is 27.4 Å². The molecule has 40 heavy (non-hydrogen) atoms. The largest absolute Gasteiger partial charge is 0.508 e. The lowest BCUT2D eigenvalue weighted by molar-refractivity contribution is -0.142. The number of imidazole rings is 1. The van der Waals surface area contributed by atoms with Crippen LogP contribution in [0.3, 0.4) is 0 Å². The Morgan fingerprint density at radius 2 is 1.57 bits per heavy atom. The zero-order valence-corrected chi connectivity index (χ0v) is 23.3. The van der Waals surface area contributed by atoms with Crippen LogP contribution in [0.5, 0.6) is 5.75 Å². The fraction of sp³-hybridized carbons (Fsp3) is 0.500. The number of benzene rings is 1. The van der Waals surface area contributed by atoms with Crippen molar-refractivity contribution in [3.8, 4) is 5.75 Å². The molecular formula is C26H39N7O6S. The van der Waals surface area contributed by atoms with Crippen molar-refractivity contribution < 1.29 is 29.4 Å². The van der Waals surface area contributed by atoms with Gasteiger partial charge in [-0.05, 0) is 61.9 Å². The lowest BCUT2D eigenvalue weighted by atomic mass is 10.0. The monoisotopic (exact) mass is 577 g/mol. The number of aliphatic carboxylic acids is 1. The highest BCUT2D eigenvalue weighted by molar-refractivity contribution is 7.98. The first-order valence-corrected chi connectivity index (χ1v) is 14.4. The number of carbonyl (C=O) groups is 4. The molecule has 220 valence electrons. The van der Waals surface area contributed by atoms with E-state index in [1.807, 2.05) is 6.26 Å². The first-order chi connectivity index (χ1) is 19.1. The van der Waals surface area contributed by atoms with Gasteiger partial charge in [0.1, 0.15) is 23.9 Å². The highest BCUT2D eigenvalue weighted by Gasteiger charge is 2.30. The Hall–Kier alpha value is -3.62. The minimum atomic E-state index is -1.26. The van der Waals surface area contributed by atoms with E-state index in [0.717, 1.165) is 0 Å². The van der Waals surface area contributed by atoms with Gasteiger partial charge in [-0.1, -0.05) is 12.1 Å². The van der Waals surface area contributed by atoms with E-state index < -0.39 is 47.9 Å². The lowest BCUT2D eigenvalue weighted by Gasteiger charge is -2.25. The molecule has 0 spiro atoms. The van der Waals surface area contributed by atoms with Gasteiger partial charge in [-0.2, -0.15) is 11.8 Å². The number of amides is 3. The van der Waals surface area contributed by atoms with Crippen molar-refractivity contribution in [1.29, 1.82) is 0 Å². The van der Waals surface area contributed by atoms with E-state index in [0.29, 0.717) is 36.4 Å². The quantitative estimate of drug-likeness (QED) is 0.107. The Labute approximate surface area is 237 Å². The van der Waals surface area contributed by atoms with E-state index in [1.54, 1.807) is 18.3 Å². The molecule has 1 aromatic carbocycles. The van der Waals surface area contributed by atoms with E-state index in [1.165, 1.54) is 30.2 Å². The van der Waals surface area contributed by atoms with Crippen LogP contribution in [0.4, 0.5) is 0 Å². The van der Waals surface area contributed by atoms with Gasteiger partial charge in [0, 0.05) is 24.7 Å². The highest BCUT2D eigenvalue weighted by atomic mass is 32.2. The first-order valence-electron chi connectivity index (χ1n) is 13.0. The van der Waals surface area contributed by atoms with Crippen LogP contribution in [0.15, 0.2) is 36.8 Å². The molecule has 0 aliphatic heterocycles. The summed E-state index contributed by atoms with van der Waals surface area (Å²) >= 11 is 1.47. The van der Waals surface area contributed by atoms with E-state index in [9.17, 15) is 29.4 Å². The number of aromatic amines is 1. The minimum Gasteiger partial charge on any atom is -0.508 e. The van der Waals surface area contributed by atoms with Gasteiger partial charge in [0.15, 0.2) is 0 Å². The second-order valence-corrected chi connectivity index (χ2v) is 10.3. The number of aromatic nitrogens is 2. The molecule has 10 N–H and O–H groups in total. The summed E-state index contributed by atoms with van der Waals surface area (Å²) in [7, 11) is 0. The summed E-state index contributed by atoms with van der Waals surface area (Å²) < 4.78 is 0. The van der Waals surface area contributed by atoms with Crippen molar-refractivity contribution in [3.05, 3.63) is 48.0 Å². The molecule has 0 saturated heterocycles. The average molecular weight is 578 g/mol. The van der Waals surface area contributed by atoms with Crippen LogP contribution in [-0.4, -0.2) is 86.6 Å². The molecule has 4 atom stereocenters. The Kier molecular flexibility index (Phi) is 14.0. The van der Waals surface area contributed by atoms with Crippen LogP contribution in [0.2, 0.25) is 0 Å². The van der Waals surface area contributed by atoms with Crippen molar-refractivity contribution in [2.24, 2.45) is 11.5 Å². The molecule has 0 saturated carbocycles. The number of phenols is 1. The van der Waals surface area contributed by atoms with Crippen molar-refractivity contribution >= 4 is 35.5 Å². The SMILES string of the molecule is CSCCC(NC(=O)C(CCCCN)NC(=O)C(N)Cc1cnc[nH]1)C(=O)NC(Cc1ccc(O)cc1)C(=O)O. The standard InChI is InChI=1S/C26H39N7O6S/c1-40-11-9-21(25(37)33-22(26(38)39)12-16-5-7-18(34)8-6-16)32-24(36)20(4-2-3-10-27)31-23(35)19(28)13-17-14-29-15-30-17/h5-8,14-15,19-22,34H,2-4,9-13,27-28H2,1H3,(H,29,30)(H,31,35)(H,32,36)(H,33,37)(H,38,39). The van der Waals surface area contributed by atoms with Gasteiger partial charge in [-0.15, -0.1) is 0 Å². The van der Waals surface area contributed by atoms with E-state index >= 15 is 0 Å².